The van der Waals surface area contributed by atoms with Crippen LogP contribution in [0.5, 0.6) is 5.75 Å². The van der Waals surface area contributed by atoms with Gasteiger partial charge in [0.05, 0.1) is 28.6 Å². The van der Waals surface area contributed by atoms with Gasteiger partial charge in [-0.25, -0.2) is 4.79 Å². The summed E-state index contributed by atoms with van der Waals surface area (Å²) in [6.07, 6.45) is -9.23. The lowest BCUT2D eigenvalue weighted by molar-refractivity contribution is -0.128. The van der Waals surface area contributed by atoms with Crippen LogP contribution in [0.15, 0.2) is 78.7 Å². The van der Waals surface area contributed by atoms with E-state index < -0.39 is 178 Å². The standard InChI is InChI=1S/C37H48N4O5/c1-25(2)34(41-20-12-19-38-37(41)45)36(44)39-30(21-28-15-7-5-8-16-28)23-32(42)31(22-29-17-9-6-10-18-29)40-33(43)24-46-35-26(3)13-11-14-27(35)4/h5-11,13-18,25,30-32,34,42H,12,19-24H2,1-4H3,(H,38,45)(H,39,44)(H,40,43)/t30-,31-,32-,34-/m0/s1/i1D3,2D3,3D3,4D3,6D,9D,10D,11D,13D,14D,17D,18D,22D2,24D2,25D,31D,34D. The van der Waals surface area contributed by atoms with Crippen LogP contribution in [0.4, 0.5) is 4.79 Å². The summed E-state index contributed by atoms with van der Waals surface area (Å²) in [4.78, 5) is 42.5. The highest BCUT2D eigenvalue weighted by molar-refractivity contribution is 5.87. The second-order valence-electron chi connectivity index (χ2n) is 9.72. The van der Waals surface area contributed by atoms with Gasteiger partial charge in [-0.1, -0.05) is 92.4 Å². The second kappa shape index (κ2) is 16.8. The SMILES string of the molecule is [2H]c1c([2H])c([2H])c(C([2H])([2H])[C@]([2H])(NC(=O)C([2H])([2H])Oc2c(C([2H])([2H])[2H])c([2H])c([2H])c([2H])c2C([2H])([2H])[2H])[C@@H](O)C[C@H](Cc2ccccc2)NC(=O)[C@@]([2H])(N2CCCNC2=O)C([2H])(C([2H])([2H])[2H])C([2H])([2H])[2H])c([2H])c1[2H]. The highest BCUT2D eigenvalue weighted by Gasteiger charge is 2.35. The fraction of sp³-hybridized carbons (Fsp3) is 0.432. The molecule has 246 valence electrons. The second-order valence-corrected chi connectivity index (χ2v) is 9.72. The Morgan fingerprint density at radius 3 is 2.48 bits per heavy atom. The van der Waals surface area contributed by atoms with E-state index in [0.717, 1.165) is 0 Å². The lowest BCUT2D eigenvalue weighted by Gasteiger charge is -2.37. The van der Waals surface area contributed by atoms with Crippen molar-refractivity contribution in [1.82, 2.24) is 20.9 Å². The molecule has 1 aliphatic rings. The highest BCUT2D eigenvalue weighted by Crippen LogP contribution is 2.22. The molecule has 3 aromatic carbocycles. The summed E-state index contributed by atoms with van der Waals surface area (Å²) in [7, 11) is 0. The molecule has 1 saturated heterocycles. The van der Waals surface area contributed by atoms with Crippen LogP contribution in [0.25, 0.3) is 0 Å². The molecule has 0 radical (unpaired) electrons. The topological polar surface area (TPSA) is 120 Å². The van der Waals surface area contributed by atoms with Gasteiger partial charge in [0.2, 0.25) is 5.91 Å². The fourth-order valence-electron chi connectivity index (χ4n) is 4.33. The highest BCUT2D eigenvalue weighted by atomic mass is 16.5. The lowest BCUT2D eigenvalue weighted by Crippen LogP contribution is -2.59. The molecule has 0 saturated carbocycles. The average Bonchev–Trinajstić information content (AvgIpc) is 3.24. The quantitative estimate of drug-likeness (QED) is 0.194. The molecule has 1 fully saturated rings. The van der Waals surface area contributed by atoms with Gasteiger partial charge in [-0.05, 0) is 67.5 Å². The molecule has 1 heterocycles. The summed E-state index contributed by atoms with van der Waals surface area (Å²) >= 11 is 0. The molecule has 0 unspecified atom stereocenters. The molecule has 0 spiro atoms. The Hall–Kier alpha value is -4.37. The van der Waals surface area contributed by atoms with Gasteiger partial charge in [0.15, 0.2) is 6.56 Å². The minimum Gasteiger partial charge on any atom is -0.483 e. The van der Waals surface area contributed by atoms with Crippen LogP contribution >= 0.6 is 0 Å². The maximum atomic E-state index is 14.7. The monoisotopic (exact) mass is 656 g/mol. The van der Waals surface area contributed by atoms with Crippen molar-refractivity contribution in [3.63, 3.8) is 0 Å². The third-order valence-electron chi connectivity index (χ3n) is 6.39. The van der Waals surface area contributed by atoms with Crippen LogP contribution in [0.3, 0.4) is 0 Å². The van der Waals surface area contributed by atoms with E-state index in [0.29, 0.717) is 0 Å². The number of carbonyl (C=O) groups is 3. The molecule has 1 aliphatic heterocycles. The molecule has 9 nitrogen and oxygen atoms in total. The molecule has 4 atom stereocenters. The van der Waals surface area contributed by atoms with Crippen LogP contribution in [0.2, 0.25) is 0 Å². The first kappa shape index (κ1) is 13.4. The Bertz CT molecular complexity index is 2520. The lowest BCUT2D eigenvalue weighted by atomic mass is 9.92. The smallest absolute Gasteiger partial charge is 0.318 e. The number of hydrogen-bond acceptors (Lipinski definition) is 5. The largest absolute Gasteiger partial charge is 0.483 e. The van der Waals surface area contributed by atoms with Crippen LogP contribution in [0.1, 0.15) is 85.8 Å². The van der Waals surface area contributed by atoms with Crippen molar-refractivity contribution in [2.75, 3.05) is 19.6 Å². The zero-order valence-electron chi connectivity index (χ0n) is 51.1. The number of nitrogens with one attached hydrogen (secondary N) is 3. The number of benzene rings is 3. The number of amides is 4. The first-order valence-corrected chi connectivity index (χ1v) is 13.7. The molecule has 9 heteroatoms. The molecule has 4 rings (SSSR count). The predicted octanol–water partition coefficient (Wildman–Crippen LogP) is 4.33. The van der Waals surface area contributed by atoms with E-state index in [4.69, 9.17) is 36.3 Å². The average molecular weight is 656 g/mol. The van der Waals surface area contributed by atoms with Crippen molar-refractivity contribution in [3.05, 3.63) is 101 Å². The zero-order chi connectivity index (χ0) is 56.4. The number of aliphatic hydroxyl groups is 1. The van der Waals surface area contributed by atoms with Crippen molar-refractivity contribution in [2.45, 2.75) is 77.2 Å². The Balaban J connectivity index is 2.02. The van der Waals surface area contributed by atoms with Crippen molar-refractivity contribution < 1.29 is 61.2 Å². The van der Waals surface area contributed by atoms with Gasteiger partial charge in [-0.15, -0.1) is 0 Å². The number of ether oxygens (including phenoxy) is 1. The number of para-hydroxylation sites is 1. The molecule has 4 N–H and O–H groups in total. The number of aliphatic hydroxyl groups excluding tert-OH is 1. The number of hydrogen-bond donors (Lipinski definition) is 4. The molecule has 46 heavy (non-hydrogen) atoms. The maximum Gasteiger partial charge on any atom is 0.318 e. The summed E-state index contributed by atoms with van der Waals surface area (Å²) in [5.74, 6) is -10.3. The Kier molecular flexibility index (Phi) is 4.89. The Labute approximate surface area is 310 Å². The summed E-state index contributed by atoms with van der Waals surface area (Å²) in [6.45, 7) is -20.5. The van der Waals surface area contributed by atoms with Crippen molar-refractivity contribution in [1.29, 1.82) is 0 Å². The van der Waals surface area contributed by atoms with Gasteiger partial charge < -0.3 is 30.7 Å². The molecule has 3 aromatic rings. The predicted molar refractivity (Wildman–Crippen MR) is 180 cm³/mol. The van der Waals surface area contributed by atoms with Gasteiger partial charge in [-0.2, -0.15) is 0 Å². The Morgan fingerprint density at radius 1 is 1.07 bits per heavy atom. The van der Waals surface area contributed by atoms with E-state index in [1.54, 1.807) is 0 Å². The van der Waals surface area contributed by atoms with Crippen LogP contribution in [0, 0.1) is 19.6 Å². The number of urea groups is 1. The van der Waals surface area contributed by atoms with Crippen LogP contribution < -0.4 is 20.7 Å². The first-order chi connectivity index (χ1) is 32.9. The maximum absolute atomic E-state index is 14.7. The van der Waals surface area contributed by atoms with Crippen LogP contribution in [-0.4, -0.2) is 71.7 Å². The number of nitrogens with zero attached hydrogens (tertiary/aromatic N) is 1. The summed E-state index contributed by atoms with van der Waals surface area (Å²) in [5, 5.41) is 18.1. The number of carbonyl (C=O) groups excluding carboxylic acids is 3. The van der Waals surface area contributed by atoms with Crippen molar-refractivity contribution in [3.8, 4) is 5.75 Å². The van der Waals surface area contributed by atoms with Crippen LogP contribution in [-0.2, 0) is 22.4 Å². The van der Waals surface area contributed by atoms with E-state index >= 15 is 0 Å². The normalized spacial score (nSPS) is 27.6. The number of rotatable bonds is 15. The van der Waals surface area contributed by atoms with Gasteiger partial charge in [-0.3, -0.25) is 9.59 Å². The fourth-order valence-corrected chi connectivity index (χ4v) is 4.33. The zero-order valence-corrected chi connectivity index (χ0v) is 24.1. The summed E-state index contributed by atoms with van der Waals surface area (Å²) in [5.41, 5.74) is -4.30. The minimum absolute atomic E-state index is 0.103. The van der Waals surface area contributed by atoms with Crippen molar-refractivity contribution >= 4 is 17.8 Å². The van der Waals surface area contributed by atoms with Crippen molar-refractivity contribution in [2.24, 2.45) is 5.89 Å². The van der Waals surface area contributed by atoms with E-state index in [1.807, 2.05) is 0 Å². The third-order valence-corrected chi connectivity index (χ3v) is 6.39. The van der Waals surface area contributed by atoms with Gasteiger partial charge in [0.1, 0.15) is 11.8 Å². The molecular weight excluding hydrogens is 580 g/mol. The van der Waals surface area contributed by atoms with Gasteiger partial charge in [0, 0.05) is 39.7 Å². The minimum atomic E-state index is -4.29. The molecule has 0 bridgehead atoms. The first-order valence-electron chi connectivity index (χ1n) is 27.2. The summed E-state index contributed by atoms with van der Waals surface area (Å²) in [6, 6.07) is -14.6. The Morgan fingerprint density at radius 2 is 1.80 bits per heavy atom. The summed E-state index contributed by atoms with van der Waals surface area (Å²) < 4.78 is 231. The third kappa shape index (κ3) is 9.81. The van der Waals surface area contributed by atoms with E-state index in [1.165, 1.54) is 35.6 Å². The molecule has 0 aromatic heterocycles. The molecule has 4 amide bonds. The van der Waals surface area contributed by atoms with Gasteiger partial charge >= 0.3 is 6.03 Å². The van der Waals surface area contributed by atoms with E-state index in [9.17, 15) is 25.0 Å². The van der Waals surface area contributed by atoms with E-state index in [2.05, 4.69) is 10.6 Å². The molecule has 0 aliphatic carbocycles. The van der Waals surface area contributed by atoms with Gasteiger partial charge in [0.25, 0.3) is 5.91 Å². The molecular formula is C37H48N4O5. The van der Waals surface area contributed by atoms with E-state index in [-0.39, 0.29) is 23.4 Å².